The summed E-state index contributed by atoms with van der Waals surface area (Å²) in [7, 11) is 0. The molecule has 4 fully saturated rings. The lowest BCUT2D eigenvalue weighted by atomic mass is 9.63. The van der Waals surface area contributed by atoms with Crippen LogP contribution in [0.1, 0.15) is 51.4 Å². The topological polar surface area (TPSA) is 48.1 Å². The van der Waals surface area contributed by atoms with E-state index in [0.29, 0.717) is 37.3 Å². The van der Waals surface area contributed by atoms with E-state index in [0.717, 1.165) is 31.1 Å². The van der Waals surface area contributed by atoms with E-state index in [1.807, 2.05) is 0 Å². The number of carbonyl (C=O) groups excluding carboxylic acids is 1. The molecule has 4 nitrogen and oxygen atoms in total. The highest BCUT2D eigenvalue weighted by molar-refractivity contribution is 5.59. The van der Waals surface area contributed by atoms with E-state index in [-0.39, 0.29) is 0 Å². The smallest absolute Gasteiger partial charge is 0.434 e. The number of epoxide rings is 1. The van der Waals surface area contributed by atoms with Gasteiger partial charge in [0.2, 0.25) is 0 Å². The fourth-order valence-corrected chi connectivity index (χ4v) is 4.53. The van der Waals surface area contributed by atoms with Crippen LogP contribution in [0.25, 0.3) is 0 Å². The second-order valence-electron chi connectivity index (χ2n) is 7.54. The molecule has 6 unspecified atom stereocenters. The summed E-state index contributed by atoms with van der Waals surface area (Å²) in [6.45, 7) is 1.06. The van der Waals surface area contributed by atoms with Crippen LogP contribution in [0.5, 0.6) is 0 Å². The Morgan fingerprint density at radius 2 is 1.48 bits per heavy atom. The van der Waals surface area contributed by atoms with Crippen molar-refractivity contribution in [1.82, 2.24) is 0 Å². The second-order valence-corrected chi connectivity index (χ2v) is 7.54. The molecule has 4 heteroatoms. The summed E-state index contributed by atoms with van der Waals surface area (Å²) in [4.78, 5) is 11.7. The minimum atomic E-state index is -0.468. The fraction of sp³-hybridized carbons (Fsp3) is 0.941. The van der Waals surface area contributed by atoms with Crippen molar-refractivity contribution in [2.45, 2.75) is 63.6 Å². The summed E-state index contributed by atoms with van der Waals surface area (Å²) in [6, 6.07) is 0. The van der Waals surface area contributed by atoms with E-state index in [1.54, 1.807) is 0 Å². The number of hydrogen-bond acceptors (Lipinski definition) is 4. The van der Waals surface area contributed by atoms with Crippen molar-refractivity contribution in [2.75, 3.05) is 13.2 Å². The van der Waals surface area contributed by atoms with Gasteiger partial charge in [-0.1, -0.05) is 0 Å². The van der Waals surface area contributed by atoms with Crippen molar-refractivity contribution in [2.24, 2.45) is 23.7 Å². The highest BCUT2D eigenvalue weighted by Crippen LogP contribution is 2.46. The number of fused-ring (bicyclic) bond motifs is 2. The summed E-state index contributed by atoms with van der Waals surface area (Å²) in [5, 5.41) is 0. The van der Waals surface area contributed by atoms with E-state index < -0.39 is 6.16 Å². The number of hydrogen-bond donors (Lipinski definition) is 0. The van der Waals surface area contributed by atoms with Crippen molar-refractivity contribution < 1.29 is 19.0 Å². The van der Waals surface area contributed by atoms with Crippen molar-refractivity contribution in [3.05, 3.63) is 0 Å². The first-order chi connectivity index (χ1) is 10.3. The van der Waals surface area contributed by atoms with Crippen LogP contribution in [0, 0.1) is 23.7 Å². The molecule has 4 rings (SSSR count). The minimum Gasteiger partial charge on any atom is -0.434 e. The number of carbonyl (C=O) groups is 1. The molecule has 3 saturated carbocycles. The molecule has 1 saturated heterocycles. The van der Waals surface area contributed by atoms with E-state index in [1.165, 1.54) is 32.1 Å². The van der Waals surface area contributed by atoms with Crippen LogP contribution in [0.15, 0.2) is 0 Å². The van der Waals surface area contributed by atoms with Crippen LogP contribution < -0.4 is 0 Å². The lowest BCUT2D eigenvalue weighted by Gasteiger charge is -2.43. The predicted molar refractivity (Wildman–Crippen MR) is 76.9 cm³/mol. The quantitative estimate of drug-likeness (QED) is 0.588. The molecule has 0 aromatic rings. The Labute approximate surface area is 126 Å². The first-order valence-electron chi connectivity index (χ1n) is 8.73. The zero-order valence-corrected chi connectivity index (χ0v) is 12.7. The van der Waals surface area contributed by atoms with Gasteiger partial charge in [0.25, 0.3) is 0 Å². The van der Waals surface area contributed by atoms with Crippen molar-refractivity contribution in [3.63, 3.8) is 0 Å². The molecular weight excluding hydrogens is 268 g/mol. The number of ether oxygens (including phenoxy) is 3. The van der Waals surface area contributed by atoms with Gasteiger partial charge < -0.3 is 14.2 Å². The van der Waals surface area contributed by atoms with Crippen LogP contribution >= 0.6 is 0 Å². The molecule has 6 atom stereocenters. The molecule has 0 N–H and O–H groups in total. The Kier molecular flexibility index (Phi) is 3.82. The summed E-state index contributed by atoms with van der Waals surface area (Å²) in [6.07, 6.45) is 10.4. The Balaban J connectivity index is 1.11. The molecule has 118 valence electrons. The van der Waals surface area contributed by atoms with Gasteiger partial charge in [-0.3, -0.25) is 0 Å². The first kappa shape index (κ1) is 13.9. The van der Waals surface area contributed by atoms with E-state index in [2.05, 4.69) is 0 Å². The van der Waals surface area contributed by atoms with Gasteiger partial charge in [-0.2, -0.15) is 0 Å². The van der Waals surface area contributed by atoms with E-state index >= 15 is 0 Å². The standard InChI is InChI=1S/C17H26O4/c18-17(20-10-12-2-6-15-16(8-12)21-15)19-9-11-1-3-13-4-5-14(13)7-11/h11-16H,1-10H2. The van der Waals surface area contributed by atoms with Gasteiger partial charge in [-0.05, 0) is 75.0 Å². The van der Waals surface area contributed by atoms with Crippen LogP contribution in [0.3, 0.4) is 0 Å². The van der Waals surface area contributed by atoms with E-state index in [9.17, 15) is 4.79 Å². The lowest BCUT2D eigenvalue weighted by Crippen LogP contribution is -2.34. The van der Waals surface area contributed by atoms with E-state index in [4.69, 9.17) is 14.2 Å². The average molecular weight is 294 g/mol. The molecule has 3 aliphatic carbocycles. The maximum absolute atomic E-state index is 11.7. The monoisotopic (exact) mass is 294 g/mol. The van der Waals surface area contributed by atoms with Crippen LogP contribution in [-0.4, -0.2) is 31.6 Å². The normalized spacial score (nSPS) is 44.0. The SMILES string of the molecule is O=C(OCC1CCC2CCC2C1)OCC1CCC2OC2C1. The maximum atomic E-state index is 11.7. The molecule has 4 aliphatic rings. The van der Waals surface area contributed by atoms with Gasteiger partial charge in [-0.25, -0.2) is 4.79 Å². The summed E-state index contributed by atoms with van der Waals surface area (Å²) in [5.74, 6) is 2.92. The molecule has 0 bridgehead atoms. The van der Waals surface area contributed by atoms with Gasteiger partial charge in [0.15, 0.2) is 0 Å². The molecule has 0 amide bonds. The molecule has 21 heavy (non-hydrogen) atoms. The van der Waals surface area contributed by atoms with Crippen molar-refractivity contribution >= 4 is 6.16 Å². The highest BCUT2D eigenvalue weighted by Gasteiger charge is 2.44. The second kappa shape index (κ2) is 5.79. The largest absolute Gasteiger partial charge is 0.508 e. The average Bonchev–Trinajstić information content (AvgIpc) is 3.23. The zero-order valence-electron chi connectivity index (χ0n) is 12.7. The summed E-state index contributed by atoms with van der Waals surface area (Å²) < 4.78 is 16.1. The van der Waals surface area contributed by atoms with Gasteiger partial charge >= 0.3 is 6.16 Å². The summed E-state index contributed by atoms with van der Waals surface area (Å²) >= 11 is 0. The third-order valence-electron chi connectivity index (χ3n) is 6.14. The number of rotatable bonds is 4. The van der Waals surface area contributed by atoms with Crippen LogP contribution in [0.2, 0.25) is 0 Å². The molecule has 0 radical (unpaired) electrons. The molecule has 0 spiro atoms. The minimum absolute atomic E-state index is 0.445. The summed E-state index contributed by atoms with van der Waals surface area (Å²) in [5.41, 5.74) is 0. The fourth-order valence-electron chi connectivity index (χ4n) is 4.53. The van der Waals surface area contributed by atoms with Gasteiger partial charge in [0.1, 0.15) is 0 Å². The Morgan fingerprint density at radius 3 is 2.14 bits per heavy atom. The zero-order chi connectivity index (χ0) is 14.2. The first-order valence-corrected chi connectivity index (χ1v) is 8.73. The third-order valence-corrected chi connectivity index (χ3v) is 6.14. The Morgan fingerprint density at radius 1 is 0.810 bits per heavy atom. The molecule has 0 aromatic carbocycles. The molecule has 1 heterocycles. The van der Waals surface area contributed by atoms with Crippen molar-refractivity contribution in [1.29, 1.82) is 0 Å². The molecule has 1 aliphatic heterocycles. The molecular formula is C17H26O4. The lowest BCUT2D eigenvalue weighted by molar-refractivity contribution is 0.00818. The molecule has 0 aromatic heterocycles. The maximum Gasteiger partial charge on any atom is 0.508 e. The van der Waals surface area contributed by atoms with Crippen molar-refractivity contribution in [3.8, 4) is 0 Å². The van der Waals surface area contributed by atoms with Gasteiger partial charge in [0.05, 0.1) is 25.4 Å². The van der Waals surface area contributed by atoms with Gasteiger partial charge in [0, 0.05) is 0 Å². The Hall–Kier alpha value is -0.770. The Bertz CT molecular complexity index is 396. The van der Waals surface area contributed by atoms with Crippen LogP contribution in [0.4, 0.5) is 4.79 Å². The predicted octanol–water partition coefficient (Wildman–Crippen LogP) is 3.53. The van der Waals surface area contributed by atoms with Gasteiger partial charge in [-0.15, -0.1) is 0 Å². The highest BCUT2D eigenvalue weighted by atomic mass is 16.7. The third kappa shape index (κ3) is 3.20. The van der Waals surface area contributed by atoms with Crippen LogP contribution in [-0.2, 0) is 14.2 Å².